The molecule has 0 aliphatic rings. The zero-order chi connectivity index (χ0) is 24.0. The number of phenolic OH excluding ortho intramolecular Hbond substituents is 1. The topological polar surface area (TPSA) is 174 Å². The van der Waals surface area contributed by atoms with E-state index in [1.807, 2.05) is 0 Å². The molecule has 0 atom stereocenters. The van der Waals surface area contributed by atoms with E-state index in [0.29, 0.717) is 5.56 Å². The molecular formula is C21H14N4O8. The smallest absolute Gasteiger partial charge is 0.344 e. The Hall–Kier alpha value is -5.13. The van der Waals surface area contributed by atoms with E-state index in [1.54, 1.807) is 6.07 Å². The van der Waals surface area contributed by atoms with Gasteiger partial charge >= 0.3 is 5.97 Å². The molecule has 3 aromatic rings. The van der Waals surface area contributed by atoms with Crippen LogP contribution < -0.4 is 10.2 Å². The predicted octanol–water partition coefficient (Wildman–Crippen LogP) is 3.19. The number of nitro benzene ring substituents is 2. The summed E-state index contributed by atoms with van der Waals surface area (Å²) in [6.45, 7) is 0. The van der Waals surface area contributed by atoms with Gasteiger partial charge in [0.1, 0.15) is 11.5 Å². The quantitative estimate of drug-likeness (QED) is 0.181. The molecule has 0 fully saturated rings. The molecular weight excluding hydrogens is 436 g/mol. The molecule has 0 heterocycles. The third-order valence-corrected chi connectivity index (χ3v) is 4.12. The molecule has 33 heavy (non-hydrogen) atoms. The summed E-state index contributed by atoms with van der Waals surface area (Å²) in [5, 5.41) is 35.2. The summed E-state index contributed by atoms with van der Waals surface area (Å²) in [4.78, 5) is 44.6. The minimum atomic E-state index is -1.03. The van der Waals surface area contributed by atoms with Gasteiger partial charge < -0.3 is 9.84 Å². The Kier molecular flexibility index (Phi) is 6.69. The standard InChI is InChI=1S/C21H14N4O8/c26-18-5-2-4-14(10-18)20(27)23-22-12-13-3-1-6-19(7-13)33-21(28)15-8-16(24(29)30)11-17(9-15)25(31)32/h1-12,26H,(H,23,27). The number of hydrazone groups is 1. The molecule has 0 aliphatic carbocycles. The van der Waals surface area contributed by atoms with Crippen LogP contribution in [0.5, 0.6) is 11.5 Å². The molecule has 12 heteroatoms. The van der Waals surface area contributed by atoms with Crippen LogP contribution in [0.25, 0.3) is 0 Å². The Labute approximate surface area is 185 Å². The maximum absolute atomic E-state index is 12.4. The second-order valence-corrected chi connectivity index (χ2v) is 6.46. The summed E-state index contributed by atoms with van der Waals surface area (Å²) < 4.78 is 5.16. The minimum absolute atomic E-state index is 0.0393. The normalized spacial score (nSPS) is 10.5. The summed E-state index contributed by atoms with van der Waals surface area (Å²) in [6, 6.07) is 14.1. The molecule has 0 saturated heterocycles. The second-order valence-electron chi connectivity index (χ2n) is 6.46. The van der Waals surface area contributed by atoms with Crippen molar-refractivity contribution in [2.24, 2.45) is 5.10 Å². The first-order chi connectivity index (χ1) is 15.7. The lowest BCUT2D eigenvalue weighted by atomic mass is 10.1. The summed E-state index contributed by atoms with van der Waals surface area (Å²) in [6.07, 6.45) is 1.27. The number of nitrogens with zero attached hydrogens (tertiary/aromatic N) is 3. The van der Waals surface area contributed by atoms with Gasteiger partial charge in [-0.25, -0.2) is 10.2 Å². The van der Waals surface area contributed by atoms with Gasteiger partial charge in [-0.2, -0.15) is 5.10 Å². The molecule has 0 radical (unpaired) electrons. The average Bonchev–Trinajstić information content (AvgIpc) is 2.78. The number of esters is 1. The molecule has 3 rings (SSSR count). The van der Waals surface area contributed by atoms with E-state index < -0.39 is 33.1 Å². The first-order valence-corrected chi connectivity index (χ1v) is 9.11. The van der Waals surface area contributed by atoms with Crippen LogP contribution in [-0.2, 0) is 0 Å². The predicted molar refractivity (Wildman–Crippen MR) is 114 cm³/mol. The van der Waals surface area contributed by atoms with Crippen molar-refractivity contribution in [2.45, 2.75) is 0 Å². The van der Waals surface area contributed by atoms with Gasteiger partial charge in [0.2, 0.25) is 0 Å². The van der Waals surface area contributed by atoms with Gasteiger partial charge in [-0.05, 0) is 35.9 Å². The molecule has 0 bridgehead atoms. The zero-order valence-electron chi connectivity index (χ0n) is 16.6. The van der Waals surface area contributed by atoms with Crippen LogP contribution in [-0.4, -0.2) is 33.0 Å². The Morgan fingerprint density at radius 1 is 0.909 bits per heavy atom. The zero-order valence-corrected chi connectivity index (χ0v) is 16.6. The van der Waals surface area contributed by atoms with Crippen molar-refractivity contribution in [2.75, 3.05) is 0 Å². The van der Waals surface area contributed by atoms with Crippen LogP contribution in [0.1, 0.15) is 26.3 Å². The summed E-state index contributed by atoms with van der Waals surface area (Å²) in [7, 11) is 0. The summed E-state index contributed by atoms with van der Waals surface area (Å²) in [5.74, 6) is -1.63. The highest BCUT2D eigenvalue weighted by Crippen LogP contribution is 2.24. The lowest BCUT2D eigenvalue weighted by molar-refractivity contribution is -0.394. The van der Waals surface area contributed by atoms with E-state index in [-0.39, 0.29) is 22.6 Å². The number of nitrogens with one attached hydrogen (secondary N) is 1. The number of non-ortho nitro benzene ring substituents is 2. The van der Waals surface area contributed by atoms with Gasteiger partial charge in [0.15, 0.2) is 0 Å². The molecule has 1 amide bonds. The molecule has 0 unspecified atom stereocenters. The van der Waals surface area contributed by atoms with Gasteiger partial charge in [0.25, 0.3) is 17.3 Å². The lowest BCUT2D eigenvalue weighted by Crippen LogP contribution is -2.17. The van der Waals surface area contributed by atoms with E-state index in [1.165, 1.54) is 48.7 Å². The second kappa shape index (κ2) is 9.78. The van der Waals surface area contributed by atoms with Crippen molar-refractivity contribution < 1.29 is 29.3 Å². The van der Waals surface area contributed by atoms with Crippen LogP contribution in [0.2, 0.25) is 0 Å². The largest absolute Gasteiger partial charge is 0.508 e. The van der Waals surface area contributed by atoms with Gasteiger partial charge in [0, 0.05) is 17.7 Å². The number of hydrogen-bond donors (Lipinski definition) is 2. The molecule has 0 aromatic heterocycles. The van der Waals surface area contributed by atoms with Gasteiger partial charge in [-0.1, -0.05) is 18.2 Å². The van der Waals surface area contributed by atoms with Crippen molar-refractivity contribution in [1.82, 2.24) is 5.43 Å². The number of aromatic hydroxyl groups is 1. The minimum Gasteiger partial charge on any atom is -0.508 e. The number of hydrogen-bond acceptors (Lipinski definition) is 9. The van der Waals surface area contributed by atoms with Crippen LogP contribution in [0.4, 0.5) is 11.4 Å². The number of carbonyl (C=O) groups excluding carboxylic acids is 2. The maximum Gasteiger partial charge on any atom is 0.344 e. The summed E-state index contributed by atoms with van der Waals surface area (Å²) in [5.41, 5.74) is 1.29. The number of carbonyl (C=O) groups is 2. The van der Waals surface area contributed by atoms with Crippen molar-refractivity contribution in [1.29, 1.82) is 0 Å². The molecule has 0 aliphatic heterocycles. The Morgan fingerprint density at radius 3 is 2.21 bits per heavy atom. The number of amides is 1. The van der Waals surface area contributed by atoms with Crippen molar-refractivity contribution >= 4 is 29.5 Å². The first kappa shape index (κ1) is 22.6. The third kappa shape index (κ3) is 5.95. The van der Waals surface area contributed by atoms with E-state index in [9.17, 15) is 34.9 Å². The number of benzene rings is 3. The highest BCUT2D eigenvalue weighted by molar-refractivity contribution is 5.95. The molecule has 0 saturated carbocycles. The third-order valence-electron chi connectivity index (χ3n) is 4.12. The maximum atomic E-state index is 12.4. The highest BCUT2D eigenvalue weighted by Gasteiger charge is 2.21. The van der Waals surface area contributed by atoms with Crippen LogP contribution in [0.3, 0.4) is 0 Å². The molecule has 166 valence electrons. The molecule has 2 N–H and O–H groups in total. The van der Waals surface area contributed by atoms with Crippen molar-refractivity contribution in [3.05, 3.63) is 104 Å². The monoisotopic (exact) mass is 450 g/mol. The fraction of sp³-hybridized carbons (Fsp3) is 0. The fourth-order valence-electron chi connectivity index (χ4n) is 2.63. The Morgan fingerprint density at radius 2 is 1.58 bits per heavy atom. The van der Waals surface area contributed by atoms with Gasteiger partial charge in [0.05, 0.1) is 27.7 Å². The van der Waals surface area contributed by atoms with Crippen molar-refractivity contribution in [3.63, 3.8) is 0 Å². The van der Waals surface area contributed by atoms with E-state index >= 15 is 0 Å². The number of phenols is 1. The summed E-state index contributed by atoms with van der Waals surface area (Å²) >= 11 is 0. The van der Waals surface area contributed by atoms with E-state index in [2.05, 4.69) is 10.5 Å². The number of ether oxygens (including phenoxy) is 1. The number of rotatable bonds is 7. The molecule has 0 spiro atoms. The van der Waals surface area contributed by atoms with Crippen molar-refractivity contribution in [3.8, 4) is 11.5 Å². The van der Waals surface area contributed by atoms with Crippen LogP contribution in [0.15, 0.2) is 71.8 Å². The average molecular weight is 450 g/mol. The lowest BCUT2D eigenvalue weighted by Gasteiger charge is -2.05. The molecule has 3 aromatic carbocycles. The fourth-order valence-corrected chi connectivity index (χ4v) is 2.63. The SMILES string of the molecule is O=C(NN=Cc1cccc(OC(=O)c2cc([N+](=O)[O-])cc([N+](=O)[O-])c2)c1)c1cccc(O)c1. The van der Waals surface area contributed by atoms with Crippen LogP contribution in [0, 0.1) is 20.2 Å². The van der Waals surface area contributed by atoms with E-state index in [0.717, 1.165) is 18.2 Å². The Balaban J connectivity index is 1.71. The first-order valence-electron chi connectivity index (χ1n) is 9.11. The Bertz CT molecular complexity index is 1260. The highest BCUT2D eigenvalue weighted by atomic mass is 16.6. The number of nitro groups is 2. The van der Waals surface area contributed by atoms with Gasteiger partial charge in [-0.3, -0.25) is 25.0 Å². The van der Waals surface area contributed by atoms with Crippen LogP contribution >= 0.6 is 0 Å². The van der Waals surface area contributed by atoms with E-state index in [4.69, 9.17) is 4.74 Å². The molecule has 12 nitrogen and oxygen atoms in total. The van der Waals surface area contributed by atoms with Gasteiger partial charge in [-0.15, -0.1) is 0 Å².